The monoisotopic (exact) mass is 435 g/mol. The summed E-state index contributed by atoms with van der Waals surface area (Å²) in [6.07, 6.45) is 0. The van der Waals surface area contributed by atoms with Crippen LogP contribution in [-0.2, 0) is 10.0 Å². The molecule has 0 spiro atoms. The molecule has 0 bridgehead atoms. The lowest BCUT2D eigenvalue weighted by molar-refractivity contribution is 0.102. The molecule has 0 saturated heterocycles. The van der Waals surface area contributed by atoms with E-state index in [9.17, 15) is 13.2 Å². The fraction of sp³-hybridized carbons (Fsp3) is 0.208. The molecule has 0 aromatic heterocycles. The van der Waals surface area contributed by atoms with Crippen molar-refractivity contribution in [2.75, 3.05) is 27.7 Å². The van der Waals surface area contributed by atoms with Crippen molar-refractivity contribution >= 4 is 38.7 Å². The summed E-state index contributed by atoms with van der Waals surface area (Å²) in [4.78, 5) is 12.7. The first kappa shape index (κ1) is 20.9. The van der Waals surface area contributed by atoms with Gasteiger partial charge in [0.05, 0.1) is 34.1 Å². The van der Waals surface area contributed by atoms with Crippen molar-refractivity contribution in [3.05, 3.63) is 72.3 Å². The zero-order valence-electron chi connectivity index (χ0n) is 17.7. The number of benzene rings is 3. The van der Waals surface area contributed by atoms with Crippen molar-refractivity contribution in [1.82, 2.24) is 0 Å². The predicted octanol–water partition coefficient (Wildman–Crippen LogP) is 5.08. The number of nitrogens with one attached hydrogen (secondary N) is 2. The number of para-hydroxylation sites is 3. The maximum absolute atomic E-state index is 12.8. The standard InChI is InChI=1S/C24H25N3O3S/c1-16(2)15-31(29,30)27(3)23-11-7-4-8-18(23)17-12-13-19-22(14-17)25-20-9-5-6-10-21(20)26-24(19)28/h4-14,16,25H,15H2,1-3H3,(H,26,28). The van der Waals surface area contributed by atoms with E-state index in [0.29, 0.717) is 22.6 Å². The molecule has 2 N–H and O–H groups in total. The van der Waals surface area contributed by atoms with Gasteiger partial charge in [-0.1, -0.05) is 50.2 Å². The molecular weight excluding hydrogens is 410 g/mol. The molecule has 4 rings (SSSR count). The van der Waals surface area contributed by atoms with E-state index < -0.39 is 10.0 Å². The molecule has 1 heterocycles. The second kappa shape index (κ2) is 8.07. The summed E-state index contributed by atoms with van der Waals surface area (Å²) in [7, 11) is -1.88. The van der Waals surface area contributed by atoms with Gasteiger partial charge >= 0.3 is 0 Å². The van der Waals surface area contributed by atoms with Gasteiger partial charge in [0, 0.05) is 12.6 Å². The van der Waals surface area contributed by atoms with Gasteiger partial charge in [-0.3, -0.25) is 9.10 Å². The van der Waals surface area contributed by atoms with Gasteiger partial charge in [-0.15, -0.1) is 0 Å². The smallest absolute Gasteiger partial charge is 0.257 e. The number of fused-ring (bicyclic) bond motifs is 2. The Kier molecular flexibility index (Phi) is 5.45. The Morgan fingerprint density at radius 2 is 1.48 bits per heavy atom. The molecular formula is C24H25N3O3S. The van der Waals surface area contributed by atoms with Crippen LogP contribution in [0.3, 0.4) is 0 Å². The molecule has 0 atom stereocenters. The SMILES string of the molecule is CC(C)CS(=O)(=O)N(C)c1ccccc1-c1ccc2c(c1)Nc1ccccc1NC2=O. The summed E-state index contributed by atoms with van der Waals surface area (Å²) in [6, 6.07) is 20.4. The van der Waals surface area contributed by atoms with Gasteiger partial charge in [0.1, 0.15) is 0 Å². The summed E-state index contributed by atoms with van der Waals surface area (Å²) in [6.45, 7) is 3.77. The Morgan fingerprint density at radius 1 is 0.839 bits per heavy atom. The molecule has 0 radical (unpaired) electrons. The predicted molar refractivity (Wildman–Crippen MR) is 127 cm³/mol. The lowest BCUT2D eigenvalue weighted by Crippen LogP contribution is -2.31. The maximum Gasteiger partial charge on any atom is 0.257 e. The fourth-order valence-corrected chi connectivity index (χ4v) is 5.25. The van der Waals surface area contributed by atoms with E-state index in [1.165, 1.54) is 4.31 Å². The molecule has 1 aliphatic heterocycles. The summed E-state index contributed by atoms with van der Waals surface area (Å²) < 4.78 is 27.0. The molecule has 1 aliphatic rings. The highest BCUT2D eigenvalue weighted by molar-refractivity contribution is 7.92. The van der Waals surface area contributed by atoms with Crippen LogP contribution in [0.25, 0.3) is 11.1 Å². The first-order valence-corrected chi connectivity index (χ1v) is 11.7. The quantitative estimate of drug-likeness (QED) is 0.585. The summed E-state index contributed by atoms with van der Waals surface area (Å²) in [5.41, 5.74) is 4.91. The third kappa shape index (κ3) is 4.14. The van der Waals surface area contributed by atoms with Crippen LogP contribution in [0.4, 0.5) is 22.7 Å². The fourth-order valence-electron chi connectivity index (χ4n) is 3.72. The largest absolute Gasteiger partial charge is 0.353 e. The van der Waals surface area contributed by atoms with E-state index in [2.05, 4.69) is 10.6 Å². The van der Waals surface area contributed by atoms with Crippen molar-refractivity contribution in [3.63, 3.8) is 0 Å². The number of hydrogen-bond acceptors (Lipinski definition) is 4. The molecule has 1 amide bonds. The molecule has 160 valence electrons. The second-order valence-electron chi connectivity index (χ2n) is 8.04. The van der Waals surface area contributed by atoms with Crippen LogP contribution >= 0.6 is 0 Å². The normalized spacial score (nSPS) is 13.0. The number of rotatable bonds is 5. The van der Waals surface area contributed by atoms with Crippen molar-refractivity contribution in [2.45, 2.75) is 13.8 Å². The minimum Gasteiger partial charge on any atom is -0.353 e. The molecule has 7 heteroatoms. The first-order valence-electron chi connectivity index (χ1n) is 10.1. The third-order valence-corrected chi connectivity index (χ3v) is 7.34. The van der Waals surface area contributed by atoms with E-state index >= 15 is 0 Å². The van der Waals surface area contributed by atoms with Crippen LogP contribution in [0.15, 0.2) is 66.7 Å². The zero-order valence-corrected chi connectivity index (χ0v) is 18.5. The van der Waals surface area contributed by atoms with Crippen molar-refractivity contribution < 1.29 is 13.2 Å². The third-order valence-electron chi connectivity index (χ3n) is 5.22. The Bertz CT molecular complexity index is 1250. The molecule has 6 nitrogen and oxygen atoms in total. The number of amides is 1. The Labute approximate surface area is 183 Å². The lowest BCUT2D eigenvalue weighted by Gasteiger charge is -2.23. The number of nitrogens with zero attached hydrogens (tertiary/aromatic N) is 1. The van der Waals surface area contributed by atoms with Crippen LogP contribution in [0.1, 0.15) is 24.2 Å². The summed E-state index contributed by atoms with van der Waals surface area (Å²) >= 11 is 0. The van der Waals surface area contributed by atoms with Crippen LogP contribution in [0.5, 0.6) is 0 Å². The Hall–Kier alpha value is -3.32. The van der Waals surface area contributed by atoms with Gasteiger partial charge in [-0.25, -0.2) is 8.42 Å². The van der Waals surface area contributed by atoms with E-state index in [1.54, 1.807) is 19.2 Å². The van der Waals surface area contributed by atoms with E-state index in [-0.39, 0.29) is 17.6 Å². The summed E-state index contributed by atoms with van der Waals surface area (Å²) in [5, 5.41) is 6.25. The van der Waals surface area contributed by atoms with E-state index in [4.69, 9.17) is 0 Å². The molecule has 0 aliphatic carbocycles. The van der Waals surface area contributed by atoms with Gasteiger partial charge in [0.2, 0.25) is 10.0 Å². The highest BCUT2D eigenvalue weighted by atomic mass is 32.2. The Morgan fingerprint density at radius 3 is 2.19 bits per heavy atom. The molecule has 0 unspecified atom stereocenters. The van der Waals surface area contributed by atoms with Gasteiger partial charge in [0.25, 0.3) is 5.91 Å². The molecule has 0 fully saturated rings. The maximum atomic E-state index is 12.8. The molecule has 3 aromatic rings. The number of sulfonamides is 1. The van der Waals surface area contributed by atoms with Crippen LogP contribution in [0, 0.1) is 5.92 Å². The van der Waals surface area contributed by atoms with Crippen LogP contribution in [-0.4, -0.2) is 27.1 Å². The molecule has 3 aromatic carbocycles. The first-order chi connectivity index (χ1) is 14.8. The highest BCUT2D eigenvalue weighted by Crippen LogP contribution is 2.37. The molecule has 31 heavy (non-hydrogen) atoms. The van der Waals surface area contributed by atoms with Crippen molar-refractivity contribution in [1.29, 1.82) is 0 Å². The van der Waals surface area contributed by atoms with Gasteiger partial charge in [-0.2, -0.15) is 0 Å². The number of carbonyl (C=O) groups is 1. The number of anilines is 4. The number of hydrogen-bond donors (Lipinski definition) is 2. The Balaban J connectivity index is 1.78. The van der Waals surface area contributed by atoms with Gasteiger partial charge in [-0.05, 0) is 41.8 Å². The zero-order chi connectivity index (χ0) is 22.2. The van der Waals surface area contributed by atoms with E-state index in [1.807, 2.05) is 68.4 Å². The van der Waals surface area contributed by atoms with Gasteiger partial charge < -0.3 is 10.6 Å². The summed E-state index contributed by atoms with van der Waals surface area (Å²) in [5.74, 6) is -0.0978. The second-order valence-corrected chi connectivity index (χ2v) is 10.1. The lowest BCUT2D eigenvalue weighted by atomic mass is 10.0. The molecule has 0 saturated carbocycles. The average molecular weight is 436 g/mol. The minimum absolute atomic E-state index is 0.0230. The minimum atomic E-state index is -3.46. The van der Waals surface area contributed by atoms with Crippen molar-refractivity contribution in [3.8, 4) is 11.1 Å². The van der Waals surface area contributed by atoms with Crippen LogP contribution < -0.4 is 14.9 Å². The number of carbonyl (C=O) groups excluding carboxylic acids is 1. The topological polar surface area (TPSA) is 78.5 Å². The average Bonchev–Trinajstić information content (AvgIpc) is 2.87. The van der Waals surface area contributed by atoms with Crippen molar-refractivity contribution in [2.24, 2.45) is 5.92 Å². The highest BCUT2D eigenvalue weighted by Gasteiger charge is 2.24. The van der Waals surface area contributed by atoms with E-state index in [0.717, 1.165) is 16.8 Å². The van der Waals surface area contributed by atoms with Gasteiger partial charge in [0.15, 0.2) is 0 Å². The van der Waals surface area contributed by atoms with Crippen LogP contribution in [0.2, 0.25) is 0 Å².